The molecule has 0 unspecified atom stereocenters. The van der Waals surface area contributed by atoms with Gasteiger partial charge in [-0.05, 0) is 32.9 Å². The molecule has 0 aliphatic heterocycles. The van der Waals surface area contributed by atoms with Crippen LogP contribution < -0.4 is 10.7 Å². The van der Waals surface area contributed by atoms with Crippen molar-refractivity contribution >= 4 is 17.5 Å². The summed E-state index contributed by atoms with van der Waals surface area (Å²) >= 11 is 0. The van der Waals surface area contributed by atoms with E-state index in [1.807, 2.05) is 13.8 Å². The van der Waals surface area contributed by atoms with Gasteiger partial charge in [-0.25, -0.2) is 5.43 Å². The predicted molar refractivity (Wildman–Crippen MR) is 72.7 cm³/mol. The van der Waals surface area contributed by atoms with Gasteiger partial charge in [-0.2, -0.15) is 5.10 Å². The van der Waals surface area contributed by atoms with Crippen molar-refractivity contribution in [1.29, 1.82) is 0 Å². The van der Waals surface area contributed by atoms with E-state index in [0.717, 1.165) is 0 Å². The van der Waals surface area contributed by atoms with Crippen LogP contribution in [0.4, 0.5) is 0 Å². The molecule has 0 fully saturated rings. The van der Waals surface area contributed by atoms with Gasteiger partial charge in [-0.1, -0.05) is 0 Å². The summed E-state index contributed by atoms with van der Waals surface area (Å²) < 4.78 is 0. The van der Waals surface area contributed by atoms with Crippen LogP contribution in [0.15, 0.2) is 29.6 Å². The van der Waals surface area contributed by atoms with Gasteiger partial charge in [0.1, 0.15) is 0 Å². The Morgan fingerprint density at radius 1 is 1.42 bits per heavy atom. The number of amides is 2. The van der Waals surface area contributed by atoms with Gasteiger partial charge in [0.2, 0.25) is 5.91 Å². The van der Waals surface area contributed by atoms with E-state index in [0.29, 0.717) is 11.3 Å². The lowest BCUT2D eigenvalue weighted by atomic mass is 10.2. The Balaban J connectivity index is 2.48. The highest BCUT2D eigenvalue weighted by Gasteiger charge is 2.07. The summed E-state index contributed by atoms with van der Waals surface area (Å²) in [7, 11) is 0. The van der Waals surface area contributed by atoms with Crippen LogP contribution in [0.25, 0.3) is 0 Å². The normalized spacial score (nSPS) is 11.3. The van der Waals surface area contributed by atoms with Gasteiger partial charge in [0.05, 0.1) is 12.0 Å². The Morgan fingerprint density at radius 2 is 2.16 bits per heavy atom. The fraction of sp³-hybridized carbons (Fsp3) is 0.385. The fourth-order valence-corrected chi connectivity index (χ4v) is 1.35. The highest BCUT2D eigenvalue weighted by molar-refractivity contribution is 6.01. The summed E-state index contributed by atoms with van der Waals surface area (Å²) in [6.45, 7) is 5.45. The molecule has 0 aliphatic rings. The molecule has 1 heterocycles. The molecule has 0 spiro atoms. The van der Waals surface area contributed by atoms with E-state index in [9.17, 15) is 9.59 Å². The molecule has 0 atom stereocenters. The number of hydrogen-bond acceptors (Lipinski definition) is 4. The molecule has 1 aromatic rings. The third kappa shape index (κ3) is 5.76. The molecule has 0 aromatic carbocycles. The number of carbonyl (C=O) groups excluding carboxylic acids is 2. The minimum atomic E-state index is -0.350. The average Bonchev–Trinajstić information content (AvgIpc) is 2.36. The standard InChI is InChI=1S/C13H18N4O2/c1-9(2)15-12(18)7-10(3)16-17-13(19)11-5-4-6-14-8-11/h4-6,8-9H,7H2,1-3H3,(H,15,18)(H,17,19). The first-order chi connectivity index (χ1) is 8.99. The van der Waals surface area contributed by atoms with Gasteiger partial charge in [-0.3, -0.25) is 14.6 Å². The van der Waals surface area contributed by atoms with Crippen molar-refractivity contribution in [2.45, 2.75) is 33.2 Å². The van der Waals surface area contributed by atoms with Crippen LogP contribution in [-0.4, -0.2) is 28.6 Å². The van der Waals surface area contributed by atoms with Gasteiger partial charge in [-0.15, -0.1) is 0 Å². The number of nitrogens with one attached hydrogen (secondary N) is 2. The maximum atomic E-state index is 11.7. The van der Waals surface area contributed by atoms with Crippen LogP contribution >= 0.6 is 0 Å². The van der Waals surface area contributed by atoms with Crippen molar-refractivity contribution in [2.75, 3.05) is 0 Å². The number of hydrazone groups is 1. The maximum Gasteiger partial charge on any atom is 0.272 e. The second-order valence-electron chi connectivity index (χ2n) is 4.43. The lowest BCUT2D eigenvalue weighted by molar-refractivity contribution is -0.120. The monoisotopic (exact) mass is 262 g/mol. The molecule has 0 aliphatic carbocycles. The Kier molecular flexibility index (Phi) is 5.66. The highest BCUT2D eigenvalue weighted by atomic mass is 16.2. The number of rotatable bonds is 5. The molecule has 0 bridgehead atoms. The second kappa shape index (κ2) is 7.25. The van der Waals surface area contributed by atoms with Crippen molar-refractivity contribution in [3.8, 4) is 0 Å². The van der Waals surface area contributed by atoms with E-state index in [1.165, 1.54) is 6.20 Å². The molecule has 6 heteroatoms. The number of hydrogen-bond donors (Lipinski definition) is 2. The molecule has 1 rings (SSSR count). The molecule has 0 saturated heterocycles. The number of nitrogens with zero attached hydrogens (tertiary/aromatic N) is 2. The second-order valence-corrected chi connectivity index (χ2v) is 4.43. The Hall–Kier alpha value is -2.24. The zero-order valence-corrected chi connectivity index (χ0v) is 11.3. The van der Waals surface area contributed by atoms with Gasteiger partial charge >= 0.3 is 0 Å². The van der Waals surface area contributed by atoms with E-state index >= 15 is 0 Å². The highest BCUT2D eigenvalue weighted by Crippen LogP contribution is 1.95. The molecule has 1 aromatic heterocycles. The molecule has 0 saturated carbocycles. The topological polar surface area (TPSA) is 83.5 Å². The van der Waals surface area contributed by atoms with E-state index in [1.54, 1.807) is 25.3 Å². The lowest BCUT2D eigenvalue weighted by Crippen LogP contribution is -2.31. The first-order valence-electron chi connectivity index (χ1n) is 6.02. The summed E-state index contributed by atoms with van der Waals surface area (Å²) in [5.74, 6) is -0.469. The Labute approximate surface area is 112 Å². The minimum absolute atomic E-state index is 0.0882. The van der Waals surface area contributed by atoms with E-state index < -0.39 is 0 Å². The lowest BCUT2D eigenvalue weighted by Gasteiger charge is -2.07. The van der Waals surface area contributed by atoms with Gasteiger partial charge in [0.15, 0.2) is 0 Å². The summed E-state index contributed by atoms with van der Waals surface area (Å²) in [5, 5.41) is 6.63. The zero-order valence-electron chi connectivity index (χ0n) is 11.3. The number of carbonyl (C=O) groups is 2. The minimum Gasteiger partial charge on any atom is -0.354 e. The largest absolute Gasteiger partial charge is 0.354 e. The first kappa shape index (κ1) is 14.8. The molecule has 2 N–H and O–H groups in total. The molecule has 19 heavy (non-hydrogen) atoms. The third-order valence-electron chi connectivity index (χ3n) is 2.14. The predicted octanol–water partition coefficient (Wildman–Crippen LogP) is 1.10. The van der Waals surface area contributed by atoms with E-state index in [-0.39, 0.29) is 24.3 Å². The zero-order chi connectivity index (χ0) is 14.3. The van der Waals surface area contributed by atoms with Crippen molar-refractivity contribution in [3.63, 3.8) is 0 Å². The molecule has 102 valence electrons. The number of pyridine rings is 1. The Morgan fingerprint density at radius 3 is 2.74 bits per heavy atom. The molecule has 6 nitrogen and oxygen atoms in total. The smallest absolute Gasteiger partial charge is 0.272 e. The first-order valence-corrected chi connectivity index (χ1v) is 6.02. The van der Waals surface area contributed by atoms with Crippen molar-refractivity contribution in [3.05, 3.63) is 30.1 Å². The van der Waals surface area contributed by atoms with Gasteiger partial charge in [0.25, 0.3) is 5.91 Å². The maximum absolute atomic E-state index is 11.7. The SMILES string of the molecule is CC(CC(=O)NC(C)C)=NNC(=O)c1cccnc1. The summed E-state index contributed by atoms with van der Waals surface area (Å²) in [5.41, 5.74) is 3.35. The number of aromatic nitrogens is 1. The van der Waals surface area contributed by atoms with Crippen LogP contribution in [0.3, 0.4) is 0 Å². The fourth-order valence-electron chi connectivity index (χ4n) is 1.35. The van der Waals surface area contributed by atoms with E-state index in [4.69, 9.17) is 0 Å². The van der Waals surface area contributed by atoms with Crippen LogP contribution in [-0.2, 0) is 4.79 Å². The van der Waals surface area contributed by atoms with Crippen LogP contribution in [0.2, 0.25) is 0 Å². The van der Waals surface area contributed by atoms with Crippen molar-refractivity contribution in [2.24, 2.45) is 5.10 Å². The van der Waals surface area contributed by atoms with Crippen LogP contribution in [0.5, 0.6) is 0 Å². The van der Waals surface area contributed by atoms with Crippen LogP contribution in [0.1, 0.15) is 37.6 Å². The molecular weight excluding hydrogens is 244 g/mol. The quantitative estimate of drug-likeness (QED) is 0.615. The third-order valence-corrected chi connectivity index (χ3v) is 2.14. The molecule has 2 amide bonds. The molecular formula is C13H18N4O2. The molecule has 0 radical (unpaired) electrons. The van der Waals surface area contributed by atoms with Crippen molar-refractivity contribution < 1.29 is 9.59 Å². The summed E-state index contributed by atoms with van der Waals surface area (Å²) in [4.78, 5) is 27.0. The summed E-state index contributed by atoms with van der Waals surface area (Å²) in [6.07, 6.45) is 3.19. The van der Waals surface area contributed by atoms with Crippen molar-refractivity contribution in [1.82, 2.24) is 15.7 Å². The van der Waals surface area contributed by atoms with Crippen LogP contribution in [0, 0.1) is 0 Å². The Bertz CT molecular complexity index is 469. The van der Waals surface area contributed by atoms with Gasteiger partial charge in [0, 0.05) is 24.1 Å². The average molecular weight is 262 g/mol. The van der Waals surface area contributed by atoms with Gasteiger partial charge < -0.3 is 5.32 Å². The van der Waals surface area contributed by atoms with E-state index in [2.05, 4.69) is 20.8 Å². The summed E-state index contributed by atoms with van der Waals surface area (Å²) in [6, 6.07) is 3.39.